The lowest BCUT2D eigenvalue weighted by Gasteiger charge is -2.50. The summed E-state index contributed by atoms with van der Waals surface area (Å²) in [5, 5.41) is 56.8. The number of fused-ring (bicyclic) bond motifs is 3. The molecule has 39 heavy (non-hydrogen) atoms. The normalized spacial score (nSPS) is 27.3. The summed E-state index contributed by atoms with van der Waals surface area (Å²) in [5.41, 5.74) is 1.63. The molecule has 0 bridgehead atoms. The maximum atomic E-state index is 13.8. The van der Waals surface area contributed by atoms with Gasteiger partial charge in [-0.05, 0) is 58.6 Å². The number of aliphatic hydroxyl groups is 4. The number of likely N-dealkylation sites (N-methyl/N-ethyl adjacent to an activating group) is 2. The second-order valence-electron chi connectivity index (χ2n) is 10.6. The Hall–Kier alpha value is -3.78. The SMILES string of the molecule is CN(C)C(CO)C(=O)Nc1ccc2c(c1O)C(O)=C1C(=O)[C@]3(O)C(O)=C(C(N)=O)C(=O)[C@@H](N(C)C)C3CC1C2. The lowest BCUT2D eigenvalue weighted by Crippen LogP contribution is -2.65. The molecule has 4 rings (SSSR count). The van der Waals surface area contributed by atoms with E-state index in [1.165, 1.54) is 30.0 Å². The molecule has 3 unspecified atom stereocenters. The average Bonchev–Trinajstić information content (AvgIpc) is 2.83. The van der Waals surface area contributed by atoms with E-state index in [1.807, 2.05) is 0 Å². The van der Waals surface area contributed by atoms with Crippen LogP contribution in [-0.4, -0.2) is 111 Å². The second-order valence-corrected chi connectivity index (χ2v) is 10.6. The van der Waals surface area contributed by atoms with E-state index in [9.17, 15) is 44.7 Å². The average molecular weight is 545 g/mol. The number of phenols is 1. The topological polar surface area (TPSA) is 214 Å². The van der Waals surface area contributed by atoms with Crippen molar-refractivity contribution in [2.45, 2.75) is 30.5 Å². The summed E-state index contributed by atoms with van der Waals surface area (Å²) in [5.74, 6) is -8.10. The number of carbonyl (C=O) groups excluding carboxylic acids is 4. The summed E-state index contributed by atoms with van der Waals surface area (Å²) in [4.78, 5) is 54.5. The van der Waals surface area contributed by atoms with Gasteiger partial charge in [0.2, 0.25) is 11.7 Å². The first-order chi connectivity index (χ1) is 18.2. The molecule has 0 radical (unpaired) electrons. The number of ketones is 2. The molecule has 3 aliphatic rings. The van der Waals surface area contributed by atoms with Crippen LogP contribution in [-0.2, 0) is 25.6 Å². The van der Waals surface area contributed by atoms with Crippen LogP contribution in [0, 0.1) is 11.8 Å². The molecule has 0 aliphatic heterocycles. The maximum absolute atomic E-state index is 13.8. The molecule has 1 saturated carbocycles. The Balaban J connectivity index is 1.84. The Labute approximate surface area is 223 Å². The van der Waals surface area contributed by atoms with Gasteiger partial charge in [0.1, 0.15) is 28.9 Å². The first-order valence-corrected chi connectivity index (χ1v) is 12.3. The summed E-state index contributed by atoms with van der Waals surface area (Å²) < 4.78 is 0. The molecule has 2 amide bonds. The molecule has 1 aromatic carbocycles. The molecule has 0 spiro atoms. The zero-order valence-corrected chi connectivity index (χ0v) is 21.9. The van der Waals surface area contributed by atoms with Crippen molar-refractivity contribution in [2.75, 3.05) is 40.1 Å². The molecule has 0 aromatic heterocycles. The van der Waals surface area contributed by atoms with Crippen LogP contribution < -0.4 is 11.1 Å². The fraction of sp³-hybridized carbons (Fsp3) is 0.462. The number of nitrogens with two attached hydrogens (primary N) is 1. The maximum Gasteiger partial charge on any atom is 0.255 e. The number of primary amides is 1. The van der Waals surface area contributed by atoms with E-state index in [2.05, 4.69) is 5.32 Å². The molecule has 5 atom stereocenters. The third-order valence-corrected chi connectivity index (χ3v) is 7.95. The number of hydrogen-bond donors (Lipinski definition) is 7. The fourth-order valence-corrected chi connectivity index (χ4v) is 6.02. The Bertz CT molecular complexity index is 1350. The molecule has 8 N–H and O–H groups in total. The lowest BCUT2D eigenvalue weighted by atomic mass is 9.57. The number of amides is 2. The van der Waals surface area contributed by atoms with E-state index in [1.54, 1.807) is 20.2 Å². The molecule has 1 fully saturated rings. The summed E-state index contributed by atoms with van der Waals surface area (Å²) in [6.07, 6.45) is 0.110. The van der Waals surface area contributed by atoms with Gasteiger partial charge in [0.15, 0.2) is 11.4 Å². The van der Waals surface area contributed by atoms with E-state index in [0.717, 1.165) is 0 Å². The molecule has 13 heteroatoms. The summed E-state index contributed by atoms with van der Waals surface area (Å²) in [6.45, 7) is -0.490. The summed E-state index contributed by atoms with van der Waals surface area (Å²) in [6, 6.07) is 0.904. The van der Waals surface area contributed by atoms with Crippen molar-refractivity contribution in [3.8, 4) is 5.75 Å². The van der Waals surface area contributed by atoms with Crippen LogP contribution in [0.25, 0.3) is 5.76 Å². The summed E-state index contributed by atoms with van der Waals surface area (Å²) >= 11 is 0. The number of Topliss-reactive ketones (excluding diaryl/α,β-unsaturated/α-hetero) is 2. The molecule has 0 saturated heterocycles. The zero-order chi connectivity index (χ0) is 29.1. The molecule has 1 aromatic rings. The van der Waals surface area contributed by atoms with Crippen LogP contribution in [0.2, 0.25) is 0 Å². The number of nitrogens with one attached hydrogen (secondary N) is 1. The van der Waals surface area contributed by atoms with Gasteiger partial charge in [-0.3, -0.25) is 29.0 Å². The van der Waals surface area contributed by atoms with E-state index >= 15 is 0 Å². The number of benzene rings is 1. The highest BCUT2D eigenvalue weighted by Crippen LogP contribution is 2.53. The Morgan fingerprint density at radius 2 is 1.79 bits per heavy atom. The van der Waals surface area contributed by atoms with Gasteiger partial charge in [-0.1, -0.05) is 6.07 Å². The Morgan fingerprint density at radius 3 is 2.33 bits per heavy atom. The number of aliphatic hydroxyl groups excluding tert-OH is 3. The van der Waals surface area contributed by atoms with Crippen molar-refractivity contribution in [3.05, 3.63) is 40.2 Å². The van der Waals surface area contributed by atoms with Crippen LogP contribution in [0.15, 0.2) is 29.0 Å². The molecule has 3 aliphatic carbocycles. The van der Waals surface area contributed by atoms with Gasteiger partial charge in [0.05, 0.1) is 23.9 Å². The standard InChI is InChI=1S/C26H32N4O9/c1-29(2)14(9-31)25(38)28-13-6-5-10-7-11-8-12-18(30(3)4)21(34)17(24(27)37)23(36)26(12,39)22(35)16(11)20(33)15(10)19(13)32/h5-6,11-12,14,18,31-33,36,39H,7-9H2,1-4H3,(H2,27,37)(H,28,38)/t11?,12?,14?,18-,26-/m0/s1. The van der Waals surface area contributed by atoms with E-state index < -0.39 is 82.3 Å². The lowest BCUT2D eigenvalue weighted by molar-refractivity contribution is -0.153. The first kappa shape index (κ1) is 28.2. The molecule has 13 nitrogen and oxygen atoms in total. The van der Waals surface area contributed by atoms with Crippen LogP contribution in [0.5, 0.6) is 5.75 Å². The van der Waals surface area contributed by atoms with Gasteiger partial charge in [-0.15, -0.1) is 0 Å². The first-order valence-electron chi connectivity index (χ1n) is 12.3. The van der Waals surface area contributed by atoms with Crippen molar-refractivity contribution in [3.63, 3.8) is 0 Å². The Morgan fingerprint density at radius 1 is 1.15 bits per heavy atom. The number of aromatic hydroxyl groups is 1. The third-order valence-electron chi connectivity index (χ3n) is 7.95. The largest absolute Gasteiger partial charge is 0.508 e. The van der Waals surface area contributed by atoms with Gasteiger partial charge in [0.25, 0.3) is 5.91 Å². The molecular formula is C26H32N4O9. The predicted octanol–water partition coefficient (Wildman–Crippen LogP) is -1.17. The number of rotatable bonds is 6. The molecule has 210 valence electrons. The smallest absolute Gasteiger partial charge is 0.255 e. The zero-order valence-electron chi connectivity index (χ0n) is 21.9. The predicted molar refractivity (Wildman–Crippen MR) is 137 cm³/mol. The minimum atomic E-state index is -2.73. The third kappa shape index (κ3) is 4.09. The van der Waals surface area contributed by atoms with E-state index in [4.69, 9.17) is 5.73 Å². The highest BCUT2D eigenvalue weighted by atomic mass is 16.3. The summed E-state index contributed by atoms with van der Waals surface area (Å²) in [7, 11) is 6.23. The van der Waals surface area contributed by atoms with Crippen molar-refractivity contribution in [1.29, 1.82) is 0 Å². The van der Waals surface area contributed by atoms with Gasteiger partial charge in [-0.2, -0.15) is 0 Å². The number of hydrogen-bond acceptors (Lipinski definition) is 11. The number of anilines is 1. The van der Waals surface area contributed by atoms with Crippen molar-refractivity contribution >= 4 is 34.8 Å². The van der Waals surface area contributed by atoms with Gasteiger partial charge in [0, 0.05) is 11.5 Å². The number of nitrogens with zero attached hydrogens (tertiary/aromatic N) is 2. The highest BCUT2D eigenvalue weighted by Gasteiger charge is 2.64. The number of carbonyl (C=O) groups is 4. The van der Waals surface area contributed by atoms with Crippen LogP contribution in [0.1, 0.15) is 17.5 Å². The highest BCUT2D eigenvalue weighted by molar-refractivity contribution is 6.24. The van der Waals surface area contributed by atoms with Crippen LogP contribution in [0.3, 0.4) is 0 Å². The van der Waals surface area contributed by atoms with Gasteiger partial charge < -0.3 is 36.6 Å². The second kappa shape index (κ2) is 9.75. The van der Waals surface area contributed by atoms with Crippen LogP contribution >= 0.6 is 0 Å². The minimum absolute atomic E-state index is 0.0218. The Kier molecular flexibility index (Phi) is 7.06. The van der Waals surface area contributed by atoms with E-state index in [-0.39, 0.29) is 29.7 Å². The van der Waals surface area contributed by atoms with Crippen molar-refractivity contribution < 1.29 is 44.7 Å². The van der Waals surface area contributed by atoms with E-state index in [0.29, 0.717) is 5.56 Å². The quantitative estimate of drug-likeness (QED) is 0.167. The fourth-order valence-electron chi connectivity index (χ4n) is 6.02. The number of phenolic OH excluding ortho intramolecular Hbond substituents is 1. The minimum Gasteiger partial charge on any atom is -0.508 e. The van der Waals surface area contributed by atoms with Crippen LogP contribution in [0.4, 0.5) is 5.69 Å². The monoisotopic (exact) mass is 544 g/mol. The molecule has 0 heterocycles. The van der Waals surface area contributed by atoms with Gasteiger partial charge >= 0.3 is 0 Å². The molecular weight excluding hydrogens is 512 g/mol. The van der Waals surface area contributed by atoms with Gasteiger partial charge in [-0.25, -0.2) is 0 Å². The van der Waals surface area contributed by atoms with Crippen molar-refractivity contribution in [1.82, 2.24) is 9.80 Å². The van der Waals surface area contributed by atoms with Crippen molar-refractivity contribution in [2.24, 2.45) is 17.6 Å².